The van der Waals surface area contributed by atoms with E-state index in [1.54, 1.807) is 16.4 Å². The third-order valence-electron chi connectivity index (χ3n) is 5.67. The quantitative estimate of drug-likeness (QED) is 0.689. The minimum atomic E-state index is -3.41. The van der Waals surface area contributed by atoms with Crippen molar-refractivity contribution in [1.29, 1.82) is 0 Å². The number of benzene rings is 2. The Kier molecular flexibility index (Phi) is 4.78. The predicted octanol–water partition coefficient (Wildman–Crippen LogP) is 3.75. The highest BCUT2D eigenvalue weighted by molar-refractivity contribution is 7.89. The fraction of sp³-hybridized carbons (Fsp3) is 0.381. The number of hydrogen-bond acceptors (Lipinski definition) is 3. The first-order valence-corrected chi connectivity index (χ1v) is 10.9. The Labute approximate surface area is 160 Å². The van der Waals surface area contributed by atoms with Crippen LogP contribution in [0.15, 0.2) is 53.7 Å². The number of aromatic nitrogens is 2. The molecule has 1 aromatic heterocycles. The van der Waals surface area contributed by atoms with Crippen LogP contribution < -0.4 is 0 Å². The van der Waals surface area contributed by atoms with Crippen molar-refractivity contribution >= 4 is 21.1 Å². The lowest BCUT2D eigenvalue weighted by molar-refractivity contribution is 0.254. The molecule has 1 aliphatic rings. The Morgan fingerprint density at radius 1 is 1.04 bits per heavy atom. The third kappa shape index (κ3) is 3.51. The van der Waals surface area contributed by atoms with Crippen LogP contribution in [0.1, 0.15) is 24.0 Å². The Balaban J connectivity index is 1.44. The molecule has 0 spiro atoms. The van der Waals surface area contributed by atoms with Crippen LogP contribution >= 0.6 is 0 Å². The van der Waals surface area contributed by atoms with Crippen LogP contribution in [0, 0.1) is 19.8 Å². The molecule has 0 unspecified atom stereocenters. The van der Waals surface area contributed by atoms with Crippen molar-refractivity contribution in [1.82, 2.24) is 13.9 Å². The summed E-state index contributed by atoms with van der Waals surface area (Å²) in [5, 5.41) is 0. The molecule has 4 rings (SSSR count). The van der Waals surface area contributed by atoms with E-state index in [2.05, 4.69) is 15.6 Å². The number of aryl methyl sites for hydroxylation is 2. The van der Waals surface area contributed by atoms with E-state index in [9.17, 15) is 8.42 Å². The summed E-state index contributed by atoms with van der Waals surface area (Å²) >= 11 is 0. The van der Waals surface area contributed by atoms with Gasteiger partial charge in [0.2, 0.25) is 10.0 Å². The SMILES string of the molecule is Cc1ccc(S(=O)(=O)N2CCC(Cn3cnc4ccccc43)CC2)cc1C. The summed E-state index contributed by atoms with van der Waals surface area (Å²) in [7, 11) is -3.41. The summed E-state index contributed by atoms with van der Waals surface area (Å²) in [6.07, 6.45) is 3.63. The smallest absolute Gasteiger partial charge is 0.243 e. The maximum Gasteiger partial charge on any atom is 0.243 e. The first kappa shape index (κ1) is 18.2. The van der Waals surface area contributed by atoms with Gasteiger partial charge in [-0.1, -0.05) is 18.2 Å². The largest absolute Gasteiger partial charge is 0.330 e. The number of hydrogen-bond donors (Lipinski definition) is 0. The normalized spacial score (nSPS) is 16.8. The maximum atomic E-state index is 13.0. The molecule has 142 valence electrons. The van der Waals surface area contributed by atoms with Gasteiger partial charge in [-0.05, 0) is 68.0 Å². The van der Waals surface area contributed by atoms with E-state index in [1.165, 1.54) is 0 Å². The van der Waals surface area contributed by atoms with Gasteiger partial charge in [-0.25, -0.2) is 13.4 Å². The van der Waals surface area contributed by atoms with Gasteiger partial charge in [-0.3, -0.25) is 0 Å². The molecule has 1 aliphatic heterocycles. The van der Waals surface area contributed by atoms with Gasteiger partial charge in [0.25, 0.3) is 0 Å². The van der Waals surface area contributed by atoms with Crippen LogP contribution in [0.4, 0.5) is 0 Å². The summed E-state index contributed by atoms with van der Waals surface area (Å²) in [6.45, 7) is 5.99. The van der Waals surface area contributed by atoms with Crippen LogP contribution in [0.2, 0.25) is 0 Å². The fourth-order valence-corrected chi connectivity index (χ4v) is 5.34. The molecule has 0 saturated carbocycles. The molecular formula is C21H25N3O2S. The average molecular weight is 384 g/mol. The Morgan fingerprint density at radius 3 is 2.52 bits per heavy atom. The third-order valence-corrected chi connectivity index (χ3v) is 7.57. The number of piperidine rings is 1. The van der Waals surface area contributed by atoms with E-state index in [0.717, 1.165) is 41.5 Å². The zero-order chi connectivity index (χ0) is 19.0. The Bertz CT molecular complexity index is 1060. The molecular weight excluding hydrogens is 358 g/mol. The summed E-state index contributed by atoms with van der Waals surface area (Å²) in [5.74, 6) is 0.466. The van der Waals surface area contributed by atoms with Crippen molar-refractivity contribution in [3.05, 3.63) is 59.9 Å². The van der Waals surface area contributed by atoms with E-state index in [-0.39, 0.29) is 0 Å². The van der Waals surface area contributed by atoms with Crippen LogP contribution in [-0.4, -0.2) is 35.4 Å². The zero-order valence-corrected chi connectivity index (χ0v) is 16.6. The molecule has 0 atom stereocenters. The average Bonchev–Trinajstić information content (AvgIpc) is 3.07. The van der Waals surface area contributed by atoms with E-state index in [4.69, 9.17) is 0 Å². The second-order valence-corrected chi connectivity index (χ2v) is 9.42. The van der Waals surface area contributed by atoms with E-state index < -0.39 is 10.0 Å². The lowest BCUT2D eigenvalue weighted by atomic mass is 9.98. The van der Waals surface area contributed by atoms with Gasteiger partial charge in [-0.2, -0.15) is 4.31 Å². The number of para-hydroxylation sites is 2. The molecule has 27 heavy (non-hydrogen) atoms. The van der Waals surface area contributed by atoms with Crippen molar-refractivity contribution in [2.45, 2.75) is 38.1 Å². The Morgan fingerprint density at radius 2 is 1.78 bits per heavy atom. The number of sulfonamides is 1. The van der Waals surface area contributed by atoms with Crippen LogP contribution in [0.3, 0.4) is 0 Å². The highest BCUT2D eigenvalue weighted by Gasteiger charge is 2.29. The molecule has 1 fully saturated rings. The van der Waals surface area contributed by atoms with Gasteiger partial charge >= 0.3 is 0 Å². The van der Waals surface area contributed by atoms with Gasteiger partial charge in [-0.15, -0.1) is 0 Å². The summed E-state index contributed by atoms with van der Waals surface area (Å²) in [4.78, 5) is 4.86. The lowest BCUT2D eigenvalue weighted by Gasteiger charge is -2.31. The van der Waals surface area contributed by atoms with Crippen LogP contribution in [0.5, 0.6) is 0 Å². The van der Waals surface area contributed by atoms with Crippen LogP contribution in [-0.2, 0) is 16.6 Å². The van der Waals surface area contributed by atoms with Gasteiger partial charge in [0, 0.05) is 19.6 Å². The molecule has 0 N–H and O–H groups in total. The van der Waals surface area contributed by atoms with Crippen molar-refractivity contribution in [2.24, 2.45) is 5.92 Å². The second kappa shape index (κ2) is 7.09. The highest BCUT2D eigenvalue weighted by Crippen LogP contribution is 2.26. The number of rotatable bonds is 4. The van der Waals surface area contributed by atoms with E-state index in [1.807, 2.05) is 44.4 Å². The fourth-order valence-electron chi connectivity index (χ4n) is 3.79. The summed E-state index contributed by atoms with van der Waals surface area (Å²) in [5.41, 5.74) is 4.27. The van der Waals surface area contributed by atoms with Crippen molar-refractivity contribution in [3.8, 4) is 0 Å². The molecule has 6 heteroatoms. The zero-order valence-electron chi connectivity index (χ0n) is 15.8. The monoisotopic (exact) mass is 383 g/mol. The molecule has 5 nitrogen and oxygen atoms in total. The minimum absolute atomic E-state index is 0.407. The molecule has 2 heterocycles. The second-order valence-electron chi connectivity index (χ2n) is 7.48. The summed E-state index contributed by atoms with van der Waals surface area (Å²) in [6, 6.07) is 13.5. The number of fused-ring (bicyclic) bond motifs is 1. The number of nitrogens with zero attached hydrogens (tertiary/aromatic N) is 3. The maximum absolute atomic E-state index is 13.0. The minimum Gasteiger partial charge on any atom is -0.330 e. The highest BCUT2D eigenvalue weighted by atomic mass is 32.2. The van der Waals surface area contributed by atoms with Crippen LogP contribution in [0.25, 0.3) is 11.0 Å². The van der Waals surface area contributed by atoms with Crippen molar-refractivity contribution in [3.63, 3.8) is 0 Å². The van der Waals surface area contributed by atoms with Crippen molar-refractivity contribution in [2.75, 3.05) is 13.1 Å². The first-order chi connectivity index (χ1) is 12.9. The molecule has 0 bridgehead atoms. The lowest BCUT2D eigenvalue weighted by Crippen LogP contribution is -2.39. The topological polar surface area (TPSA) is 55.2 Å². The number of imidazole rings is 1. The summed E-state index contributed by atoms with van der Waals surface area (Å²) < 4.78 is 29.7. The van der Waals surface area contributed by atoms with Gasteiger partial charge in [0.05, 0.1) is 22.3 Å². The Hall–Kier alpha value is -2.18. The molecule has 0 aliphatic carbocycles. The molecule has 1 saturated heterocycles. The van der Waals surface area contributed by atoms with Gasteiger partial charge < -0.3 is 4.57 Å². The van der Waals surface area contributed by atoms with Crippen molar-refractivity contribution < 1.29 is 8.42 Å². The molecule has 2 aromatic carbocycles. The van der Waals surface area contributed by atoms with E-state index >= 15 is 0 Å². The van der Waals surface area contributed by atoms with E-state index in [0.29, 0.717) is 23.9 Å². The van der Waals surface area contributed by atoms with Gasteiger partial charge in [0.1, 0.15) is 0 Å². The molecule has 0 radical (unpaired) electrons. The molecule has 3 aromatic rings. The van der Waals surface area contributed by atoms with Gasteiger partial charge in [0.15, 0.2) is 0 Å². The first-order valence-electron chi connectivity index (χ1n) is 9.42. The predicted molar refractivity (Wildman–Crippen MR) is 107 cm³/mol. The standard InChI is InChI=1S/C21H25N3O2S/c1-16-7-8-19(13-17(16)2)27(25,26)24-11-9-18(10-12-24)14-23-15-22-20-5-3-4-6-21(20)23/h3-8,13,15,18H,9-12,14H2,1-2H3. The molecule has 0 amide bonds.